The van der Waals surface area contributed by atoms with Gasteiger partial charge in [-0.3, -0.25) is 4.79 Å². The molecule has 3 N–H and O–H groups in total. The minimum atomic E-state index is -0.470. The maximum absolute atomic E-state index is 10.9. The van der Waals surface area contributed by atoms with Gasteiger partial charge < -0.3 is 10.8 Å². The molecule has 138 valence electrons. The van der Waals surface area contributed by atoms with Gasteiger partial charge in [-0.05, 0) is 12.3 Å². The van der Waals surface area contributed by atoms with Crippen LogP contribution in [0, 0.1) is 5.92 Å². The van der Waals surface area contributed by atoms with Gasteiger partial charge in [-0.25, -0.2) is 0 Å². The van der Waals surface area contributed by atoms with Gasteiger partial charge >= 0.3 is 0 Å². The summed E-state index contributed by atoms with van der Waals surface area (Å²) in [6.07, 6.45) is 13.3. The lowest BCUT2D eigenvalue weighted by atomic mass is 10.0. The Hall–Kier alpha value is -0.0600. The molecule has 0 amide bonds. The first-order chi connectivity index (χ1) is 10.9. The fraction of sp³-hybridized carbons (Fsp3) is 0.947. The first kappa shape index (κ1) is 22.9. The Morgan fingerprint density at radius 3 is 1.78 bits per heavy atom. The van der Waals surface area contributed by atoms with E-state index in [1.165, 1.54) is 76.5 Å². The lowest BCUT2D eigenvalue weighted by Crippen LogP contribution is -2.37. The summed E-state index contributed by atoms with van der Waals surface area (Å²) in [5, 5.41) is 10.0. The molecular formula is C19H39NO2S. The van der Waals surface area contributed by atoms with Crippen molar-refractivity contribution in [3.05, 3.63) is 0 Å². The number of nitrogens with two attached hydrogens (primary N) is 1. The highest BCUT2D eigenvalue weighted by molar-refractivity contribution is 8.13. The molecule has 0 aliphatic carbocycles. The van der Waals surface area contributed by atoms with Crippen molar-refractivity contribution in [3.63, 3.8) is 0 Å². The number of unbranched alkanes of at least 4 members (excludes halogenated alkanes) is 8. The topological polar surface area (TPSA) is 63.3 Å². The highest BCUT2D eigenvalue weighted by atomic mass is 32.2. The van der Waals surface area contributed by atoms with Crippen molar-refractivity contribution in [2.75, 3.05) is 5.75 Å². The number of thioether (sulfide) groups is 1. The van der Waals surface area contributed by atoms with Gasteiger partial charge in [-0.15, -0.1) is 0 Å². The smallest absolute Gasteiger partial charge is 0.185 e. The molecule has 0 aliphatic rings. The molecule has 2 atom stereocenters. The van der Waals surface area contributed by atoms with Crippen molar-refractivity contribution in [1.29, 1.82) is 0 Å². The standard InChI is InChI=1S/C19H39NO2S/c1-16(2)13-11-9-7-5-4-6-8-10-12-14-19(22)18(20)15-23-17(3)21/h16,18-19,22H,4-15,20H2,1-3H3/t18-,19+/m0/s1. The van der Waals surface area contributed by atoms with Crippen LogP contribution in [0.25, 0.3) is 0 Å². The molecule has 23 heavy (non-hydrogen) atoms. The maximum atomic E-state index is 10.9. The van der Waals surface area contributed by atoms with Crippen LogP contribution in [0.15, 0.2) is 0 Å². The molecule has 0 aliphatic heterocycles. The van der Waals surface area contributed by atoms with E-state index < -0.39 is 6.10 Å². The van der Waals surface area contributed by atoms with Crippen LogP contribution >= 0.6 is 11.8 Å². The van der Waals surface area contributed by atoms with Crippen molar-refractivity contribution in [1.82, 2.24) is 0 Å². The molecule has 0 aromatic heterocycles. The van der Waals surface area contributed by atoms with Gasteiger partial charge in [0, 0.05) is 18.7 Å². The van der Waals surface area contributed by atoms with E-state index >= 15 is 0 Å². The third-order valence-electron chi connectivity index (χ3n) is 4.25. The molecule has 0 spiro atoms. The minimum Gasteiger partial charge on any atom is -0.391 e. The number of aliphatic hydroxyl groups is 1. The Morgan fingerprint density at radius 2 is 1.35 bits per heavy atom. The summed E-state index contributed by atoms with van der Waals surface area (Å²) in [6.45, 7) is 6.13. The highest BCUT2D eigenvalue weighted by Gasteiger charge is 2.15. The van der Waals surface area contributed by atoms with E-state index in [9.17, 15) is 9.90 Å². The first-order valence-corrected chi connectivity index (χ1v) is 10.5. The van der Waals surface area contributed by atoms with Crippen LogP contribution in [-0.2, 0) is 4.79 Å². The monoisotopic (exact) mass is 345 g/mol. The van der Waals surface area contributed by atoms with Gasteiger partial charge in [0.25, 0.3) is 0 Å². The molecule has 4 heteroatoms. The molecule has 0 aromatic rings. The van der Waals surface area contributed by atoms with Gasteiger partial charge in [0.1, 0.15) is 0 Å². The zero-order valence-corrected chi connectivity index (χ0v) is 16.4. The van der Waals surface area contributed by atoms with Crippen molar-refractivity contribution < 1.29 is 9.90 Å². The molecule has 0 radical (unpaired) electrons. The second kappa shape index (κ2) is 15.5. The maximum Gasteiger partial charge on any atom is 0.185 e. The molecule has 0 saturated carbocycles. The van der Waals surface area contributed by atoms with E-state index in [1.807, 2.05) is 0 Å². The van der Waals surface area contributed by atoms with Gasteiger partial charge in [0.05, 0.1) is 6.10 Å². The second-order valence-corrected chi connectivity index (χ2v) is 8.38. The molecule has 3 nitrogen and oxygen atoms in total. The lowest BCUT2D eigenvalue weighted by Gasteiger charge is -2.17. The van der Waals surface area contributed by atoms with Crippen LogP contribution in [-0.4, -0.2) is 28.1 Å². The molecule has 0 unspecified atom stereocenters. The molecular weight excluding hydrogens is 306 g/mol. The van der Waals surface area contributed by atoms with E-state index in [0.717, 1.165) is 18.8 Å². The summed E-state index contributed by atoms with van der Waals surface area (Å²) in [5.41, 5.74) is 5.88. The van der Waals surface area contributed by atoms with Crippen LogP contribution in [0.5, 0.6) is 0 Å². The fourth-order valence-electron chi connectivity index (χ4n) is 2.68. The SMILES string of the molecule is CC(=O)SC[C@H](N)[C@H](O)CCCCCCCCCCCC(C)C. The number of hydrogen-bond donors (Lipinski definition) is 2. The second-order valence-electron chi connectivity index (χ2n) is 7.19. The largest absolute Gasteiger partial charge is 0.391 e. The quantitative estimate of drug-likeness (QED) is 0.414. The Bertz CT molecular complexity index is 285. The number of rotatable bonds is 15. The summed E-state index contributed by atoms with van der Waals surface area (Å²) in [4.78, 5) is 10.9. The number of carbonyl (C=O) groups excluding carboxylic acids is 1. The van der Waals surface area contributed by atoms with Crippen molar-refractivity contribution in [2.45, 2.75) is 104 Å². The van der Waals surface area contributed by atoms with Gasteiger partial charge in [-0.1, -0.05) is 89.8 Å². The van der Waals surface area contributed by atoms with Crippen LogP contribution in [0.3, 0.4) is 0 Å². The van der Waals surface area contributed by atoms with Crippen LogP contribution in [0.4, 0.5) is 0 Å². The third kappa shape index (κ3) is 16.6. The predicted octanol–water partition coefficient (Wildman–Crippen LogP) is 4.90. The zero-order valence-electron chi connectivity index (χ0n) is 15.6. The molecule has 0 heterocycles. The van der Waals surface area contributed by atoms with Crippen LogP contribution in [0.2, 0.25) is 0 Å². The van der Waals surface area contributed by atoms with Crippen LogP contribution in [0.1, 0.15) is 91.4 Å². The molecule has 0 fully saturated rings. The van der Waals surface area contributed by atoms with E-state index in [2.05, 4.69) is 13.8 Å². The molecule has 0 rings (SSSR count). The fourth-order valence-corrected chi connectivity index (χ4v) is 3.33. The molecule has 0 bridgehead atoms. The zero-order chi connectivity index (χ0) is 17.5. The average Bonchev–Trinajstić information content (AvgIpc) is 2.49. The summed E-state index contributed by atoms with van der Waals surface area (Å²) < 4.78 is 0. The predicted molar refractivity (Wildman–Crippen MR) is 103 cm³/mol. The lowest BCUT2D eigenvalue weighted by molar-refractivity contribution is -0.109. The van der Waals surface area contributed by atoms with E-state index in [0.29, 0.717) is 5.75 Å². The minimum absolute atomic E-state index is 0.0665. The number of carbonyl (C=O) groups is 1. The van der Waals surface area contributed by atoms with Crippen molar-refractivity contribution in [2.24, 2.45) is 11.7 Å². The Balaban J connectivity index is 3.30. The number of hydrogen-bond acceptors (Lipinski definition) is 4. The summed E-state index contributed by atoms with van der Waals surface area (Å²) in [6, 6.07) is -0.283. The third-order valence-corrected chi connectivity index (χ3v) is 5.21. The van der Waals surface area contributed by atoms with Gasteiger partial charge in [0.15, 0.2) is 5.12 Å². The van der Waals surface area contributed by atoms with Crippen molar-refractivity contribution >= 4 is 16.9 Å². The summed E-state index contributed by atoms with van der Waals surface area (Å²) in [5.74, 6) is 1.37. The van der Waals surface area contributed by atoms with Crippen LogP contribution < -0.4 is 5.73 Å². The van der Waals surface area contributed by atoms with Crippen molar-refractivity contribution in [3.8, 4) is 0 Å². The number of aliphatic hydroxyl groups excluding tert-OH is 1. The summed E-state index contributed by atoms with van der Waals surface area (Å²) >= 11 is 1.20. The van der Waals surface area contributed by atoms with Gasteiger partial charge in [0.2, 0.25) is 0 Å². The van der Waals surface area contributed by atoms with E-state index in [1.54, 1.807) is 0 Å². The Morgan fingerprint density at radius 1 is 0.913 bits per heavy atom. The average molecular weight is 346 g/mol. The Kier molecular flexibility index (Phi) is 15.4. The summed E-state index contributed by atoms with van der Waals surface area (Å²) in [7, 11) is 0. The molecule has 0 aromatic carbocycles. The first-order valence-electron chi connectivity index (χ1n) is 9.50. The highest BCUT2D eigenvalue weighted by Crippen LogP contribution is 2.15. The molecule has 0 saturated heterocycles. The van der Waals surface area contributed by atoms with Gasteiger partial charge in [-0.2, -0.15) is 0 Å². The van der Waals surface area contributed by atoms with E-state index in [-0.39, 0.29) is 11.2 Å². The Labute approximate surface area is 148 Å². The van der Waals surface area contributed by atoms with E-state index in [4.69, 9.17) is 5.73 Å². The normalized spacial score (nSPS) is 14.2.